The van der Waals surface area contributed by atoms with Gasteiger partial charge in [-0.05, 0) is 30.3 Å². The maximum atomic E-state index is 13.8. The summed E-state index contributed by atoms with van der Waals surface area (Å²) >= 11 is 5.98. The maximum Gasteiger partial charge on any atom is 0.271 e. The maximum absolute atomic E-state index is 13.8. The Labute approximate surface area is 160 Å². The molecule has 1 N–H and O–H groups in total. The van der Waals surface area contributed by atoms with Gasteiger partial charge in [0.1, 0.15) is 0 Å². The fourth-order valence-corrected chi connectivity index (χ4v) is 2.68. The second-order valence-electron chi connectivity index (χ2n) is 5.74. The molecule has 7 nitrogen and oxygen atoms in total. The van der Waals surface area contributed by atoms with Crippen molar-refractivity contribution in [1.29, 1.82) is 0 Å². The van der Waals surface area contributed by atoms with Crippen LogP contribution < -0.4 is 10.1 Å². The third-order valence-corrected chi connectivity index (χ3v) is 4.19. The van der Waals surface area contributed by atoms with E-state index in [0.717, 1.165) is 0 Å². The highest BCUT2D eigenvalue weighted by Gasteiger charge is 2.14. The number of non-ortho nitro benzene ring substituents is 1. The van der Waals surface area contributed by atoms with Gasteiger partial charge in [0.25, 0.3) is 5.69 Å². The van der Waals surface area contributed by atoms with Gasteiger partial charge in [0.2, 0.25) is 5.91 Å². The summed E-state index contributed by atoms with van der Waals surface area (Å²) in [7, 11) is 1.39. The van der Waals surface area contributed by atoms with Crippen LogP contribution in [0.1, 0.15) is 12.5 Å². The summed E-state index contributed by atoms with van der Waals surface area (Å²) in [6.45, 7) is 2.87. The SMILES string of the molecule is CCN(CC(=O)Nc1ccc([N+](=O)[O-])cc1Cl)Cc1ccc(OC)c(F)c1. The third kappa shape index (κ3) is 5.63. The van der Waals surface area contributed by atoms with E-state index in [2.05, 4.69) is 5.32 Å². The Morgan fingerprint density at radius 1 is 1.33 bits per heavy atom. The quantitative estimate of drug-likeness (QED) is 0.542. The molecule has 0 unspecified atom stereocenters. The standard InChI is InChI=1S/C18H19ClFN3O4/c1-3-22(10-12-4-7-17(27-2)15(20)8-12)11-18(24)21-16-6-5-13(23(25)26)9-14(16)19/h4-9H,3,10-11H2,1-2H3,(H,21,24). The van der Waals surface area contributed by atoms with Crippen molar-refractivity contribution in [2.45, 2.75) is 13.5 Å². The predicted octanol–water partition coefficient (Wildman–Crippen LogP) is 3.86. The van der Waals surface area contributed by atoms with Gasteiger partial charge in [-0.1, -0.05) is 24.6 Å². The second kappa shape index (κ2) is 9.29. The van der Waals surface area contributed by atoms with Crippen molar-refractivity contribution in [2.24, 2.45) is 0 Å². The van der Waals surface area contributed by atoms with Crippen molar-refractivity contribution in [3.05, 3.63) is 62.9 Å². The summed E-state index contributed by atoms with van der Waals surface area (Å²) in [5, 5.41) is 13.4. The second-order valence-corrected chi connectivity index (χ2v) is 6.15. The highest BCUT2D eigenvalue weighted by molar-refractivity contribution is 6.34. The van der Waals surface area contributed by atoms with Crippen LogP contribution >= 0.6 is 11.6 Å². The molecule has 27 heavy (non-hydrogen) atoms. The Bertz CT molecular complexity index is 847. The zero-order valence-electron chi connectivity index (χ0n) is 14.9. The normalized spacial score (nSPS) is 10.7. The molecule has 0 aliphatic carbocycles. The van der Waals surface area contributed by atoms with Crippen molar-refractivity contribution >= 4 is 28.9 Å². The van der Waals surface area contributed by atoms with Crippen LogP contribution in [0.4, 0.5) is 15.8 Å². The first-order valence-electron chi connectivity index (χ1n) is 8.12. The number of anilines is 1. The number of likely N-dealkylation sites (N-methyl/N-ethyl adjacent to an activating group) is 1. The van der Waals surface area contributed by atoms with Gasteiger partial charge in [-0.3, -0.25) is 19.8 Å². The topological polar surface area (TPSA) is 84.7 Å². The van der Waals surface area contributed by atoms with Gasteiger partial charge < -0.3 is 10.1 Å². The number of methoxy groups -OCH3 is 1. The molecular weight excluding hydrogens is 377 g/mol. The number of nitro groups is 1. The van der Waals surface area contributed by atoms with Crippen LogP contribution in [0, 0.1) is 15.9 Å². The molecule has 1 amide bonds. The lowest BCUT2D eigenvalue weighted by Crippen LogP contribution is -2.32. The summed E-state index contributed by atoms with van der Waals surface area (Å²) in [4.78, 5) is 24.2. The Balaban J connectivity index is 2.00. The molecule has 2 aromatic rings. The van der Waals surface area contributed by atoms with E-state index in [9.17, 15) is 19.3 Å². The molecule has 0 bridgehead atoms. The first kappa shape index (κ1) is 20.6. The van der Waals surface area contributed by atoms with E-state index in [4.69, 9.17) is 16.3 Å². The van der Waals surface area contributed by atoms with Crippen LogP contribution in [-0.2, 0) is 11.3 Å². The lowest BCUT2D eigenvalue weighted by atomic mass is 10.2. The van der Waals surface area contributed by atoms with Crippen LogP contribution in [0.15, 0.2) is 36.4 Å². The number of hydrogen-bond donors (Lipinski definition) is 1. The molecule has 0 aliphatic heterocycles. The molecule has 0 aromatic heterocycles. The van der Waals surface area contributed by atoms with Gasteiger partial charge in [0, 0.05) is 18.7 Å². The van der Waals surface area contributed by atoms with Gasteiger partial charge in [0.05, 0.1) is 29.3 Å². The molecule has 9 heteroatoms. The fraction of sp³-hybridized carbons (Fsp3) is 0.278. The van der Waals surface area contributed by atoms with Gasteiger partial charge in [-0.2, -0.15) is 0 Å². The number of ether oxygens (including phenoxy) is 1. The number of carbonyl (C=O) groups excluding carboxylic acids is 1. The van der Waals surface area contributed by atoms with Crippen molar-refractivity contribution in [3.63, 3.8) is 0 Å². The minimum Gasteiger partial charge on any atom is -0.494 e. The minimum atomic E-state index is -0.565. The zero-order valence-corrected chi connectivity index (χ0v) is 15.6. The Hall–Kier alpha value is -2.71. The van der Waals surface area contributed by atoms with E-state index in [-0.39, 0.29) is 28.9 Å². The molecular formula is C18H19ClFN3O4. The summed E-state index contributed by atoms with van der Waals surface area (Å²) < 4.78 is 18.7. The minimum absolute atomic E-state index is 0.0530. The zero-order chi connectivity index (χ0) is 20.0. The molecule has 0 atom stereocenters. The highest BCUT2D eigenvalue weighted by atomic mass is 35.5. The first-order valence-corrected chi connectivity index (χ1v) is 8.50. The Kier molecular flexibility index (Phi) is 7.09. The lowest BCUT2D eigenvalue weighted by Gasteiger charge is -2.20. The molecule has 144 valence electrons. The molecule has 0 spiro atoms. The van der Waals surface area contributed by atoms with E-state index in [1.165, 1.54) is 37.4 Å². The number of carbonyl (C=O) groups is 1. The fourth-order valence-electron chi connectivity index (χ4n) is 2.46. The summed E-state index contributed by atoms with van der Waals surface area (Å²) in [5.74, 6) is -0.637. The van der Waals surface area contributed by atoms with E-state index in [1.54, 1.807) is 6.07 Å². The molecule has 0 saturated carbocycles. The van der Waals surface area contributed by atoms with Crippen LogP contribution in [0.3, 0.4) is 0 Å². The monoisotopic (exact) mass is 395 g/mol. The van der Waals surface area contributed by atoms with Crippen LogP contribution in [-0.4, -0.2) is 35.9 Å². The molecule has 2 aromatic carbocycles. The number of amides is 1. The average molecular weight is 396 g/mol. The van der Waals surface area contributed by atoms with Crippen molar-refractivity contribution in [3.8, 4) is 5.75 Å². The molecule has 0 aliphatic rings. The number of benzene rings is 2. The van der Waals surface area contributed by atoms with E-state index < -0.39 is 10.7 Å². The molecule has 0 radical (unpaired) electrons. The molecule has 0 fully saturated rings. The number of nitrogens with zero attached hydrogens (tertiary/aromatic N) is 2. The Morgan fingerprint density at radius 2 is 2.07 bits per heavy atom. The average Bonchev–Trinajstić information content (AvgIpc) is 2.62. The molecule has 0 saturated heterocycles. The summed E-state index contributed by atoms with van der Waals surface area (Å²) in [6.07, 6.45) is 0. The van der Waals surface area contributed by atoms with Gasteiger partial charge in [-0.15, -0.1) is 0 Å². The number of rotatable bonds is 8. The predicted molar refractivity (Wildman–Crippen MR) is 101 cm³/mol. The summed E-state index contributed by atoms with van der Waals surface area (Å²) in [5.41, 5.74) is 0.838. The largest absolute Gasteiger partial charge is 0.494 e. The smallest absolute Gasteiger partial charge is 0.271 e. The number of nitrogens with one attached hydrogen (secondary N) is 1. The van der Waals surface area contributed by atoms with Crippen LogP contribution in [0.5, 0.6) is 5.75 Å². The van der Waals surface area contributed by atoms with Crippen LogP contribution in [0.2, 0.25) is 5.02 Å². The molecule has 0 heterocycles. The van der Waals surface area contributed by atoms with E-state index >= 15 is 0 Å². The van der Waals surface area contributed by atoms with E-state index in [1.807, 2.05) is 11.8 Å². The van der Waals surface area contributed by atoms with Gasteiger partial charge in [-0.25, -0.2) is 4.39 Å². The van der Waals surface area contributed by atoms with Crippen molar-refractivity contribution in [1.82, 2.24) is 4.90 Å². The molecule has 2 rings (SSSR count). The van der Waals surface area contributed by atoms with Gasteiger partial charge in [0.15, 0.2) is 11.6 Å². The van der Waals surface area contributed by atoms with Crippen molar-refractivity contribution < 1.29 is 18.8 Å². The number of nitro benzene ring substituents is 1. The van der Waals surface area contributed by atoms with Crippen LogP contribution in [0.25, 0.3) is 0 Å². The lowest BCUT2D eigenvalue weighted by molar-refractivity contribution is -0.384. The summed E-state index contributed by atoms with van der Waals surface area (Å²) in [6, 6.07) is 8.46. The Morgan fingerprint density at radius 3 is 2.63 bits per heavy atom. The third-order valence-electron chi connectivity index (χ3n) is 3.87. The van der Waals surface area contributed by atoms with E-state index in [0.29, 0.717) is 24.3 Å². The van der Waals surface area contributed by atoms with Gasteiger partial charge >= 0.3 is 0 Å². The van der Waals surface area contributed by atoms with Crippen molar-refractivity contribution in [2.75, 3.05) is 25.5 Å². The highest BCUT2D eigenvalue weighted by Crippen LogP contribution is 2.26. The number of hydrogen-bond acceptors (Lipinski definition) is 5. The number of halogens is 2. The first-order chi connectivity index (χ1) is 12.8.